The number of pyridine rings is 1. The van der Waals surface area contributed by atoms with Crippen LogP contribution < -0.4 is 0 Å². The SMILES string of the molecule is Cc1ccc(CN2CCC(N3CCC(c4ccc(C)cn4)CC3)C2=O)cc1. The van der Waals surface area contributed by atoms with Crippen LogP contribution in [0.1, 0.15) is 47.6 Å². The molecule has 1 amide bonds. The molecular weight excluding hydrogens is 334 g/mol. The second kappa shape index (κ2) is 7.81. The third-order valence-corrected chi connectivity index (χ3v) is 6.09. The average molecular weight is 364 g/mol. The lowest BCUT2D eigenvalue weighted by atomic mass is 9.92. The van der Waals surface area contributed by atoms with Crippen molar-refractivity contribution in [2.24, 2.45) is 0 Å². The van der Waals surface area contributed by atoms with Gasteiger partial charge in [0.05, 0.1) is 6.04 Å². The zero-order valence-electron chi connectivity index (χ0n) is 16.4. The first-order valence-corrected chi connectivity index (χ1v) is 10.1. The van der Waals surface area contributed by atoms with Gasteiger partial charge < -0.3 is 4.90 Å². The smallest absolute Gasteiger partial charge is 0.240 e. The van der Waals surface area contributed by atoms with E-state index in [2.05, 4.69) is 60.1 Å². The number of rotatable bonds is 4. The predicted molar refractivity (Wildman–Crippen MR) is 108 cm³/mol. The molecule has 2 aromatic rings. The van der Waals surface area contributed by atoms with E-state index in [4.69, 9.17) is 0 Å². The third-order valence-electron chi connectivity index (χ3n) is 6.09. The molecule has 4 rings (SSSR count). The molecule has 1 aromatic heterocycles. The van der Waals surface area contributed by atoms with Gasteiger partial charge >= 0.3 is 0 Å². The Balaban J connectivity index is 1.33. The first kappa shape index (κ1) is 18.2. The van der Waals surface area contributed by atoms with E-state index in [1.165, 1.54) is 22.4 Å². The Morgan fingerprint density at radius 1 is 0.926 bits per heavy atom. The fourth-order valence-electron chi connectivity index (χ4n) is 4.36. The van der Waals surface area contributed by atoms with Crippen LogP contribution in [0.3, 0.4) is 0 Å². The lowest BCUT2D eigenvalue weighted by Gasteiger charge is -2.35. The van der Waals surface area contributed by atoms with E-state index in [1.54, 1.807) is 0 Å². The monoisotopic (exact) mass is 363 g/mol. The van der Waals surface area contributed by atoms with E-state index in [0.717, 1.165) is 45.4 Å². The molecule has 2 fully saturated rings. The van der Waals surface area contributed by atoms with Gasteiger partial charge in [0.2, 0.25) is 5.91 Å². The topological polar surface area (TPSA) is 36.4 Å². The molecule has 0 N–H and O–H groups in total. The zero-order chi connectivity index (χ0) is 18.8. The largest absolute Gasteiger partial charge is 0.337 e. The summed E-state index contributed by atoms with van der Waals surface area (Å²) in [6.07, 6.45) is 5.11. The highest BCUT2D eigenvalue weighted by atomic mass is 16.2. The quantitative estimate of drug-likeness (QED) is 0.831. The minimum Gasteiger partial charge on any atom is -0.337 e. The number of benzene rings is 1. The van der Waals surface area contributed by atoms with Crippen LogP contribution in [-0.4, -0.2) is 46.4 Å². The maximum absolute atomic E-state index is 12.9. The summed E-state index contributed by atoms with van der Waals surface area (Å²) in [5, 5.41) is 0. The Kier molecular flexibility index (Phi) is 5.26. The summed E-state index contributed by atoms with van der Waals surface area (Å²) in [6.45, 7) is 7.77. The molecule has 0 spiro atoms. The van der Waals surface area contributed by atoms with Gasteiger partial charge in [-0.3, -0.25) is 14.7 Å². The van der Waals surface area contributed by atoms with Crippen molar-refractivity contribution in [1.29, 1.82) is 0 Å². The minimum atomic E-state index is 0.0716. The van der Waals surface area contributed by atoms with Crippen LogP contribution in [0.2, 0.25) is 0 Å². The molecule has 1 aromatic carbocycles. The van der Waals surface area contributed by atoms with Gasteiger partial charge in [-0.25, -0.2) is 0 Å². The van der Waals surface area contributed by atoms with Gasteiger partial charge in [-0.15, -0.1) is 0 Å². The number of aryl methyl sites for hydroxylation is 2. The van der Waals surface area contributed by atoms with Gasteiger partial charge in [-0.2, -0.15) is 0 Å². The number of carbonyl (C=O) groups is 1. The highest BCUT2D eigenvalue weighted by Gasteiger charge is 2.37. The lowest BCUT2D eigenvalue weighted by molar-refractivity contribution is -0.133. The summed E-state index contributed by atoms with van der Waals surface area (Å²) in [6, 6.07) is 12.9. The molecule has 3 heterocycles. The van der Waals surface area contributed by atoms with E-state index < -0.39 is 0 Å². The number of likely N-dealkylation sites (tertiary alicyclic amines) is 2. The molecule has 2 aliphatic heterocycles. The molecule has 1 atom stereocenters. The van der Waals surface area contributed by atoms with Crippen molar-refractivity contribution in [3.63, 3.8) is 0 Å². The molecule has 0 aliphatic carbocycles. The fraction of sp³-hybridized carbons (Fsp3) is 0.478. The van der Waals surface area contributed by atoms with Crippen LogP contribution in [0.4, 0.5) is 0 Å². The number of carbonyl (C=O) groups excluding carboxylic acids is 1. The van der Waals surface area contributed by atoms with Gasteiger partial charge in [0.15, 0.2) is 0 Å². The molecule has 0 radical (unpaired) electrons. The average Bonchev–Trinajstić information content (AvgIpc) is 3.05. The lowest BCUT2D eigenvalue weighted by Crippen LogP contribution is -2.45. The molecule has 2 aliphatic rings. The number of hydrogen-bond donors (Lipinski definition) is 0. The first-order chi connectivity index (χ1) is 13.1. The van der Waals surface area contributed by atoms with Crippen molar-refractivity contribution < 1.29 is 4.79 Å². The van der Waals surface area contributed by atoms with Crippen molar-refractivity contribution >= 4 is 5.91 Å². The molecule has 0 bridgehead atoms. The first-order valence-electron chi connectivity index (χ1n) is 10.1. The van der Waals surface area contributed by atoms with Gasteiger partial charge in [0.25, 0.3) is 0 Å². The summed E-state index contributed by atoms with van der Waals surface area (Å²) >= 11 is 0. The van der Waals surface area contributed by atoms with Crippen molar-refractivity contribution in [2.45, 2.75) is 51.6 Å². The van der Waals surface area contributed by atoms with Crippen molar-refractivity contribution in [3.8, 4) is 0 Å². The molecule has 142 valence electrons. The second-order valence-electron chi connectivity index (χ2n) is 8.12. The van der Waals surface area contributed by atoms with Crippen LogP contribution in [0, 0.1) is 13.8 Å². The fourth-order valence-corrected chi connectivity index (χ4v) is 4.36. The van der Waals surface area contributed by atoms with Crippen LogP contribution in [-0.2, 0) is 11.3 Å². The van der Waals surface area contributed by atoms with Gasteiger partial charge in [-0.1, -0.05) is 35.9 Å². The van der Waals surface area contributed by atoms with Gasteiger partial charge in [-0.05, 0) is 63.4 Å². The highest BCUT2D eigenvalue weighted by Crippen LogP contribution is 2.30. The number of piperidine rings is 1. The Hall–Kier alpha value is -2.20. The molecular formula is C23H29N3O. The van der Waals surface area contributed by atoms with E-state index in [0.29, 0.717) is 11.8 Å². The zero-order valence-corrected chi connectivity index (χ0v) is 16.4. The molecule has 1 unspecified atom stereocenters. The summed E-state index contributed by atoms with van der Waals surface area (Å²) in [4.78, 5) is 22.0. The Bertz CT molecular complexity index is 776. The Morgan fingerprint density at radius 3 is 2.30 bits per heavy atom. The summed E-state index contributed by atoms with van der Waals surface area (Å²) in [5.74, 6) is 0.838. The normalized spacial score (nSPS) is 21.8. The van der Waals surface area contributed by atoms with Crippen molar-refractivity contribution in [2.75, 3.05) is 19.6 Å². The number of hydrogen-bond acceptors (Lipinski definition) is 3. The van der Waals surface area contributed by atoms with Crippen LogP contribution >= 0.6 is 0 Å². The molecule has 4 nitrogen and oxygen atoms in total. The number of amides is 1. The molecule has 4 heteroatoms. The summed E-state index contributed by atoms with van der Waals surface area (Å²) < 4.78 is 0. The van der Waals surface area contributed by atoms with Crippen molar-refractivity contribution in [1.82, 2.24) is 14.8 Å². The molecule has 2 saturated heterocycles. The standard InChI is InChI=1S/C23H29N3O/c1-17-3-6-19(7-4-17)16-26-14-11-22(23(26)27)25-12-9-20(10-13-25)21-8-5-18(2)15-24-21/h3-8,15,20,22H,9-14,16H2,1-2H3. The maximum Gasteiger partial charge on any atom is 0.240 e. The Morgan fingerprint density at radius 2 is 1.63 bits per heavy atom. The number of aromatic nitrogens is 1. The van der Waals surface area contributed by atoms with Crippen molar-refractivity contribution in [3.05, 3.63) is 65.0 Å². The summed E-state index contributed by atoms with van der Waals surface area (Å²) in [7, 11) is 0. The second-order valence-corrected chi connectivity index (χ2v) is 8.12. The predicted octanol–water partition coefficient (Wildman–Crippen LogP) is 3.68. The Labute approximate surface area is 162 Å². The van der Waals surface area contributed by atoms with Crippen LogP contribution in [0.5, 0.6) is 0 Å². The van der Waals surface area contributed by atoms with Crippen LogP contribution in [0.15, 0.2) is 42.6 Å². The maximum atomic E-state index is 12.9. The van der Waals surface area contributed by atoms with Crippen LogP contribution in [0.25, 0.3) is 0 Å². The highest BCUT2D eigenvalue weighted by molar-refractivity contribution is 5.84. The molecule has 27 heavy (non-hydrogen) atoms. The van der Waals surface area contributed by atoms with Gasteiger partial charge in [0, 0.05) is 30.9 Å². The third kappa shape index (κ3) is 4.06. The minimum absolute atomic E-state index is 0.0716. The van der Waals surface area contributed by atoms with E-state index in [9.17, 15) is 4.79 Å². The van der Waals surface area contributed by atoms with E-state index in [1.807, 2.05) is 11.1 Å². The van der Waals surface area contributed by atoms with E-state index in [-0.39, 0.29) is 6.04 Å². The summed E-state index contributed by atoms with van der Waals surface area (Å²) in [5.41, 5.74) is 4.90. The van der Waals surface area contributed by atoms with Gasteiger partial charge in [0.1, 0.15) is 0 Å². The molecule has 0 saturated carbocycles. The number of nitrogens with zero attached hydrogens (tertiary/aromatic N) is 3. The van der Waals surface area contributed by atoms with E-state index >= 15 is 0 Å².